The second-order valence-corrected chi connectivity index (χ2v) is 7.19. The lowest BCUT2D eigenvalue weighted by Gasteiger charge is -2.26. The van der Waals surface area contributed by atoms with E-state index in [0.717, 1.165) is 12.3 Å². The zero-order valence-electron chi connectivity index (χ0n) is 11.2. The van der Waals surface area contributed by atoms with Crippen LogP contribution < -0.4 is 4.72 Å². The molecule has 3 nitrogen and oxygen atoms in total. The average Bonchev–Trinajstić information content (AvgIpc) is 2.26. The molecule has 0 saturated carbocycles. The molecule has 7 heteroatoms. The molecular formula is C12H17F3N2OS. The van der Waals surface area contributed by atoms with Crippen LogP contribution in [0.3, 0.4) is 0 Å². The van der Waals surface area contributed by atoms with Crippen molar-refractivity contribution in [2.24, 2.45) is 0 Å². The van der Waals surface area contributed by atoms with Gasteiger partial charge >= 0.3 is 6.18 Å². The molecule has 0 saturated heterocycles. The van der Waals surface area contributed by atoms with Crippen LogP contribution in [0.25, 0.3) is 0 Å². The molecule has 0 aromatic carbocycles. The molecule has 1 rings (SSSR count). The summed E-state index contributed by atoms with van der Waals surface area (Å²) in [7, 11) is 0. The zero-order valence-corrected chi connectivity index (χ0v) is 12.0. The summed E-state index contributed by atoms with van der Waals surface area (Å²) in [5, 5.41) is 0. The Balaban J connectivity index is 2.76. The molecule has 0 bridgehead atoms. The first-order valence-corrected chi connectivity index (χ1v) is 6.88. The fraction of sp³-hybridized carbons (Fsp3) is 0.583. The van der Waals surface area contributed by atoms with Gasteiger partial charge in [-0.25, -0.2) is 0 Å². The van der Waals surface area contributed by atoms with Crippen LogP contribution in [0.4, 0.5) is 13.2 Å². The molecule has 19 heavy (non-hydrogen) atoms. The van der Waals surface area contributed by atoms with E-state index in [9.17, 15) is 17.7 Å². The van der Waals surface area contributed by atoms with Gasteiger partial charge in [-0.05, 0) is 39.8 Å². The van der Waals surface area contributed by atoms with Crippen molar-refractivity contribution in [3.05, 3.63) is 29.6 Å². The second-order valence-electron chi connectivity index (χ2n) is 5.19. The molecule has 0 aliphatic carbocycles. The third-order valence-corrected chi connectivity index (χ3v) is 4.08. The summed E-state index contributed by atoms with van der Waals surface area (Å²) in [6.07, 6.45) is -3.61. The molecule has 0 aliphatic rings. The Labute approximate surface area is 113 Å². The largest absolute Gasteiger partial charge is 0.598 e. The highest BCUT2D eigenvalue weighted by atomic mass is 32.2. The van der Waals surface area contributed by atoms with Crippen molar-refractivity contribution in [3.8, 4) is 0 Å². The second kappa shape index (κ2) is 5.68. The Bertz CT molecular complexity index is 414. The van der Waals surface area contributed by atoms with E-state index in [1.165, 1.54) is 6.07 Å². The van der Waals surface area contributed by atoms with Crippen molar-refractivity contribution in [2.45, 2.75) is 44.7 Å². The minimum atomic E-state index is -4.39. The van der Waals surface area contributed by atoms with Gasteiger partial charge < -0.3 is 4.55 Å². The van der Waals surface area contributed by atoms with E-state index in [1.54, 1.807) is 6.92 Å². The topological polar surface area (TPSA) is 48.0 Å². The number of hydrogen-bond donors (Lipinski definition) is 1. The van der Waals surface area contributed by atoms with E-state index in [0.29, 0.717) is 5.69 Å². The maximum atomic E-state index is 12.4. The summed E-state index contributed by atoms with van der Waals surface area (Å²) in [5.41, 5.74) is -0.369. The van der Waals surface area contributed by atoms with Crippen molar-refractivity contribution in [2.75, 3.05) is 0 Å². The number of aromatic nitrogens is 1. The maximum absolute atomic E-state index is 12.4. The van der Waals surface area contributed by atoms with Crippen molar-refractivity contribution >= 4 is 11.4 Å². The third-order valence-electron chi connectivity index (χ3n) is 2.40. The number of pyridine rings is 1. The molecular weight excluding hydrogens is 277 g/mol. The summed E-state index contributed by atoms with van der Waals surface area (Å²) < 4.78 is 51.4. The van der Waals surface area contributed by atoms with E-state index in [1.807, 2.05) is 20.8 Å². The molecule has 1 aromatic rings. The molecule has 2 atom stereocenters. The molecule has 0 spiro atoms. The molecule has 0 amide bonds. The number of rotatable bonds is 3. The molecule has 0 aliphatic heterocycles. The van der Waals surface area contributed by atoms with Crippen LogP contribution in [0.15, 0.2) is 18.3 Å². The van der Waals surface area contributed by atoms with Gasteiger partial charge in [0.05, 0.1) is 17.3 Å². The van der Waals surface area contributed by atoms with E-state index in [2.05, 4.69) is 9.71 Å². The summed E-state index contributed by atoms with van der Waals surface area (Å²) in [5.74, 6) is 0. The van der Waals surface area contributed by atoms with Crippen molar-refractivity contribution < 1.29 is 17.7 Å². The summed E-state index contributed by atoms with van der Waals surface area (Å²) in [4.78, 5) is 3.76. The van der Waals surface area contributed by atoms with Gasteiger partial charge in [-0.3, -0.25) is 4.98 Å². The minimum Gasteiger partial charge on any atom is -0.598 e. The first-order valence-electron chi connectivity index (χ1n) is 5.73. The summed E-state index contributed by atoms with van der Waals surface area (Å²) in [6, 6.07) is 1.88. The van der Waals surface area contributed by atoms with Gasteiger partial charge in [0.15, 0.2) is 0 Å². The molecule has 0 radical (unpaired) electrons. The fourth-order valence-corrected chi connectivity index (χ4v) is 2.02. The van der Waals surface area contributed by atoms with Crippen LogP contribution in [-0.4, -0.2) is 14.3 Å². The normalized spacial score (nSPS) is 16.2. The first kappa shape index (κ1) is 16.3. The van der Waals surface area contributed by atoms with Crippen LogP contribution in [-0.2, 0) is 17.5 Å². The number of alkyl halides is 3. The standard InChI is InChI=1S/C12H17F3N2OS/c1-8(17-19(18)11(2,3)4)10-6-5-9(7-16-10)12(13,14)15/h5-8,17H,1-4H3/t8-,19?/m1/s1. The number of halogens is 3. The quantitative estimate of drug-likeness (QED) is 0.871. The van der Waals surface area contributed by atoms with Gasteiger partial charge in [-0.1, -0.05) is 0 Å². The minimum absolute atomic E-state index is 0.387. The fourth-order valence-electron chi connectivity index (χ4n) is 1.23. The SMILES string of the molecule is C[C@@H](N[S+]([O-])C(C)(C)C)c1ccc(C(F)(F)F)cn1. The molecule has 1 heterocycles. The van der Waals surface area contributed by atoms with E-state index < -0.39 is 27.8 Å². The van der Waals surface area contributed by atoms with Gasteiger partial charge in [-0.15, -0.1) is 4.72 Å². The van der Waals surface area contributed by atoms with Gasteiger partial charge in [-0.2, -0.15) is 13.2 Å². The van der Waals surface area contributed by atoms with Gasteiger partial charge in [0.1, 0.15) is 4.75 Å². The molecule has 1 unspecified atom stereocenters. The van der Waals surface area contributed by atoms with Crippen LogP contribution in [0.5, 0.6) is 0 Å². The lowest BCUT2D eigenvalue weighted by atomic mass is 10.2. The first-order chi connectivity index (χ1) is 8.51. The van der Waals surface area contributed by atoms with Gasteiger partial charge in [0, 0.05) is 17.6 Å². The Morgan fingerprint density at radius 3 is 2.21 bits per heavy atom. The Hall–Kier alpha value is -0.790. The summed E-state index contributed by atoms with van der Waals surface area (Å²) >= 11 is -1.30. The number of nitrogens with one attached hydrogen (secondary N) is 1. The lowest BCUT2D eigenvalue weighted by molar-refractivity contribution is -0.137. The van der Waals surface area contributed by atoms with Crippen molar-refractivity contribution in [3.63, 3.8) is 0 Å². The third kappa shape index (κ3) is 4.67. The predicted molar refractivity (Wildman–Crippen MR) is 68.7 cm³/mol. The van der Waals surface area contributed by atoms with Crippen molar-refractivity contribution in [1.29, 1.82) is 0 Å². The average molecular weight is 294 g/mol. The molecule has 0 fully saturated rings. The maximum Gasteiger partial charge on any atom is 0.417 e. The zero-order chi connectivity index (χ0) is 14.8. The van der Waals surface area contributed by atoms with Crippen LogP contribution in [0.1, 0.15) is 45.0 Å². The highest BCUT2D eigenvalue weighted by Gasteiger charge is 2.32. The lowest BCUT2D eigenvalue weighted by Crippen LogP contribution is -2.40. The molecule has 108 valence electrons. The van der Waals surface area contributed by atoms with E-state index >= 15 is 0 Å². The van der Waals surface area contributed by atoms with Crippen LogP contribution in [0, 0.1) is 0 Å². The van der Waals surface area contributed by atoms with Crippen LogP contribution >= 0.6 is 0 Å². The molecule has 1 aromatic heterocycles. The van der Waals surface area contributed by atoms with Crippen molar-refractivity contribution in [1.82, 2.24) is 9.71 Å². The highest BCUT2D eigenvalue weighted by Crippen LogP contribution is 2.29. The number of hydrogen-bond acceptors (Lipinski definition) is 3. The Morgan fingerprint density at radius 2 is 1.84 bits per heavy atom. The summed E-state index contributed by atoms with van der Waals surface area (Å²) in [6.45, 7) is 7.13. The van der Waals surface area contributed by atoms with Gasteiger partial charge in [0.2, 0.25) is 0 Å². The Morgan fingerprint density at radius 1 is 1.26 bits per heavy atom. The van der Waals surface area contributed by atoms with Crippen LogP contribution in [0.2, 0.25) is 0 Å². The highest BCUT2D eigenvalue weighted by molar-refractivity contribution is 7.90. The number of nitrogens with zero attached hydrogens (tertiary/aromatic N) is 1. The van der Waals surface area contributed by atoms with E-state index in [-0.39, 0.29) is 6.04 Å². The molecule has 1 N–H and O–H groups in total. The monoisotopic (exact) mass is 294 g/mol. The van der Waals surface area contributed by atoms with E-state index in [4.69, 9.17) is 0 Å². The smallest absolute Gasteiger partial charge is 0.417 e. The Kier molecular flexibility index (Phi) is 4.86. The predicted octanol–water partition coefficient (Wildman–Crippen LogP) is 3.21. The van der Waals surface area contributed by atoms with Gasteiger partial charge in [0.25, 0.3) is 0 Å².